The Hall–Kier alpha value is -3.76. The van der Waals surface area contributed by atoms with Crippen LogP contribution in [-0.4, -0.2) is 52.7 Å². The first kappa shape index (κ1) is 30.3. The zero-order valence-corrected chi connectivity index (χ0v) is 25.0. The monoisotopic (exact) mass is 608 g/mol. The number of hydrogen-bond acceptors (Lipinski definition) is 4. The first-order chi connectivity index (χ1) is 21.0. The number of nitrogens with one attached hydrogen (secondary N) is 1. The van der Waals surface area contributed by atoms with Gasteiger partial charge in [0.1, 0.15) is 11.6 Å². The maximum Gasteiger partial charge on any atom is 0.416 e. The van der Waals surface area contributed by atoms with Gasteiger partial charge in [-0.1, -0.05) is 37.3 Å². The molecule has 6 rings (SSSR count). The third kappa shape index (κ3) is 5.97. The van der Waals surface area contributed by atoms with Crippen LogP contribution in [0.5, 0.6) is 0 Å². The van der Waals surface area contributed by atoms with E-state index in [0.717, 1.165) is 65.2 Å². The third-order valence-electron chi connectivity index (χ3n) is 9.55. The Bertz CT molecular complexity index is 1660. The molecule has 2 heterocycles. The molecular weight excluding hydrogens is 572 g/mol. The second kappa shape index (κ2) is 12.0. The summed E-state index contributed by atoms with van der Waals surface area (Å²) in [5.41, 5.74) is 3.94. The van der Waals surface area contributed by atoms with E-state index >= 15 is 0 Å². The van der Waals surface area contributed by atoms with Crippen molar-refractivity contribution in [2.45, 2.75) is 44.8 Å². The molecule has 4 aromatic rings. The average molecular weight is 609 g/mol. The predicted molar refractivity (Wildman–Crippen MR) is 162 cm³/mol. The highest BCUT2D eigenvalue weighted by Gasteiger charge is 2.42. The second-order valence-electron chi connectivity index (χ2n) is 12.1. The lowest BCUT2D eigenvalue weighted by molar-refractivity contribution is -0.137. The van der Waals surface area contributed by atoms with Gasteiger partial charge in [0.05, 0.1) is 35.5 Å². The van der Waals surface area contributed by atoms with Gasteiger partial charge in [-0.15, -0.1) is 0 Å². The van der Waals surface area contributed by atoms with Crippen LogP contribution in [0.2, 0.25) is 0 Å². The van der Waals surface area contributed by atoms with Crippen LogP contribution < -0.4 is 5.32 Å². The smallest absolute Gasteiger partial charge is 0.379 e. The van der Waals surface area contributed by atoms with Crippen molar-refractivity contribution in [2.75, 3.05) is 31.6 Å². The van der Waals surface area contributed by atoms with E-state index < -0.39 is 23.5 Å². The number of amides is 1. The fourth-order valence-corrected chi connectivity index (χ4v) is 6.86. The molecule has 6 nitrogen and oxygen atoms in total. The molecule has 1 saturated heterocycles. The fourth-order valence-electron chi connectivity index (χ4n) is 6.86. The number of alkyl halides is 3. The van der Waals surface area contributed by atoms with Crippen molar-refractivity contribution in [2.24, 2.45) is 18.9 Å². The number of aryl methyl sites for hydroxylation is 2. The molecule has 1 saturated carbocycles. The van der Waals surface area contributed by atoms with Crippen molar-refractivity contribution < 1.29 is 27.1 Å². The normalized spacial score (nSPS) is 23.2. The van der Waals surface area contributed by atoms with Gasteiger partial charge in [0.25, 0.3) is 0 Å². The van der Waals surface area contributed by atoms with E-state index in [9.17, 15) is 22.4 Å². The molecule has 1 aromatic heterocycles. The molecule has 1 aliphatic carbocycles. The van der Waals surface area contributed by atoms with Gasteiger partial charge in [-0.05, 0) is 78.6 Å². The highest BCUT2D eigenvalue weighted by Crippen LogP contribution is 2.44. The summed E-state index contributed by atoms with van der Waals surface area (Å²) in [6, 6.07) is 17.0. The van der Waals surface area contributed by atoms with E-state index in [1.165, 1.54) is 0 Å². The summed E-state index contributed by atoms with van der Waals surface area (Å²) in [5.74, 6) is -1.02. The Labute approximate surface area is 254 Å². The lowest BCUT2D eigenvalue weighted by atomic mass is 9.67. The number of ether oxygens (including phenoxy) is 1. The van der Waals surface area contributed by atoms with Gasteiger partial charge in [0.2, 0.25) is 5.91 Å². The number of fused-ring (bicyclic) bond motifs is 1. The number of nitrogens with zero attached hydrogens (tertiary/aromatic N) is 3. The largest absolute Gasteiger partial charge is 0.416 e. The fraction of sp³-hybridized carbons (Fsp3) is 0.412. The summed E-state index contributed by atoms with van der Waals surface area (Å²) in [6.07, 6.45) is -3.23. The topological polar surface area (TPSA) is 59.4 Å². The number of hydrogen-bond donors (Lipinski definition) is 1. The van der Waals surface area contributed by atoms with Crippen molar-refractivity contribution in [1.82, 2.24) is 14.5 Å². The summed E-state index contributed by atoms with van der Waals surface area (Å²) >= 11 is 0. The van der Waals surface area contributed by atoms with Gasteiger partial charge in [-0.25, -0.2) is 9.37 Å². The SMILES string of the molecule is Cc1nc2cc(-c3ccc(C4CC(N5CCOCC5)CC(C(=O)Nc5ccc(C(F)(F)F)cc5F)[C@@H]4C)cc3)ccc2n1C. The van der Waals surface area contributed by atoms with Crippen molar-refractivity contribution in [1.29, 1.82) is 0 Å². The van der Waals surface area contributed by atoms with E-state index in [1.807, 2.05) is 20.9 Å². The molecule has 3 unspecified atom stereocenters. The number of carbonyl (C=O) groups excluding carboxylic acids is 1. The molecule has 1 aliphatic heterocycles. The molecule has 232 valence electrons. The molecule has 2 fully saturated rings. The Kier molecular flexibility index (Phi) is 8.24. The molecule has 1 amide bonds. The number of halogens is 4. The lowest BCUT2D eigenvalue weighted by Crippen LogP contribution is -2.50. The molecule has 1 N–H and O–H groups in total. The van der Waals surface area contributed by atoms with E-state index in [-0.39, 0.29) is 29.5 Å². The number of morpholine rings is 1. The van der Waals surface area contributed by atoms with Crippen LogP contribution in [0.3, 0.4) is 0 Å². The number of anilines is 1. The van der Waals surface area contributed by atoms with Gasteiger partial charge in [0, 0.05) is 32.1 Å². The predicted octanol–water partition coefficient (Wildman–Crippen LogP) is 7.18. The Morgan fingerprint density at radius 3 is 2.36 bits per heavy atom. The minimum absolute atomic E-state index is 0.0553. The molecular formula is C34H36F4N4O2. The van der Waals surface area contributed by atoms with Crippen molar-refractivity contribution in [3.05, 3.63) is 83.4 Å². The molecule has 10 heteroatoms. The van der Waals surface area contributed by atoms with E-state index in [0.29, 0.717) is 25.7 Å². The summed E-state index contributed by atoms with van der Waals surface area (Å²) < 4.78 is 61.5. The van der Waals surface area contributed by atoms with Crippen LogP contribution in [0, 0.1) is 24.6 Å². The Morgan fingerprint density at radius 2 is 1.68 bits per heavy atom. The summed E-state index contributed by atoms with van der Waals surface area (Å²) in [7, 11) is 2.00. The number of imidazole rings is 1. The van der Waals surface area contributed by atoms with Crippen molar-refractivity contribution in [3.63, 3.8) is 0 Å². The van der Waals surface area contributed by atoms with Gasteiger partial charge in [0.15, 0.2) is 0 Å². The molecule has 3 aromatic carbocycles. The Balaban J connectivity index is 1.25. The van der Waals surface area contributed by atoms with Gasteiger partial charge >= 0.3 is 6.18 Å². The van der Waals surface area contributed by atoms with Crippen LogP contribution in [0.4, 0.5) is 23.2 Å². The van der Waals surface area contributed by atoms with Gasteiger partial charge < -0.3 is 14.6 Å². The number of aromatic nitrogens is 2. The average Bonchev–Trinajstić information content (AvgIpc) is 3.30. The molecule has 0 radical (unpaired) electrons. The molecule has 2 aliphatic rings. The zero-order valence-electron chi connectivity index (χ0n) is 25.0. The first-order valence-electron chi connectivity index (χ1n) is 15.0. The quantitative estimate of drug-likeness (QED) is 0.244. The van der Waals surface area contributed by atoms with Crippen LogP contribution in [0.25, 0.3) is 22.2 Å². The third-order valence-corrected chi connectivity index (χ3v) is 9.55. The summed E-state index contributed by atoms with van der Waals surface area (Å²) in [4.78, 5) is 20.7. The minimum atomic E-state index is -4.67. The molecule has 44 heavy (non-hydrogen) atoms. The van der Waals surface area contributed by atoms with Crippen LogP contribution >= 0.6 is 0 Å². The van der Waals surface area contributed by atoms with Gasteiger partial charge in [-0.3, -0.25) is 9.69 Å². The molecule has 4 atom stereocenters. The lowest BCUT2D eigenvalue weighted by Gasteiger charge is -2.45. The standard InChI is InChI=1S/C34H36F4N4O2/c1-20-27(23-6-4-22(5-7-23)24-8-11-32-31(16-24)39-21(2)41(32)3)18-26(42-12-14-44-15-13-42)19-28(20)33(43)40-30-10-9-25(17-29(30)35)34(36,37)38/h4-11,16-17,20,26-28H,12-15,18-19H2,1-3H3,(H,40,43)/t20-,26?,27?,28?/m1/s1. The Morgan fingerprint density at radius 1 is 0.977 bits per heavy atom. The maximum absolute atomic E-state index is 14.7. The number of benzene rings is 3. The van der Waals surface area contributed by atoms with E-state index in [2.05, 4.69) is 62.2 Å². The van der Waals surface area contributed by atoms with E-state index in [4.69, 9.17) is 4.74 Å². The van der Waals surface area contributed by atoms with Crippen LogP contribution in [0.15, 0.2) is 60.7 Å². The van der Waals surface area contributed by atoms with Crippen LogP contribution in [-0.2, 0) is 22.8 Å². The highest BCUT2D eigenvalue weighted by atomic mass is 19.4. The van der Waals surface area contributed by atoms with Crippen molar-refractivity contribution in [3.8, 4) is 11.1 Å². The number of rotatable bonds is 5. The molecule has 0 spiro atoms. The summed E-state index contributed by atoms with van der Waals surface area (Å²) in [6.45, 7) is 6.80. The zero-order chi connectivity index (χ0) is 31.2. The van der Waals surface area contributed by atoms with E-state index in [1.54, 1.807) is 0 Å². The number of carbonyl (C=O) groups is 1. The van der Waals surface area contributed by atoms with Gasteiger partial charge in [-0.2, -0.15) is 13.2 Å². The summed E-state index contributed by atoms with van der Waals surface area (Å²) in [5, 5.41) is 2.60. The van der Waals surface area contributed by atoms with Crippen molar-refractivity contribution >= 4 is 22.6 Å². The second-order valence-corrected chi connectivity index (χ2v) is 12.1. The minimum Gasteiger partial charge on any atom is -0.379 e. The van der Waals surface area contributed by atoms with Crippen LogP contribution in [0.1, 0.15) is 42.6 Å². The molecule has 0 bridgehead atoms. The maximum atomic E-state index is 14.7. The first-order valence-corrected chi connectivity index (χ1v) is 15.0. The highest BCUT2D eigenvalue weighted by molar-refractivity contribution is 5.93.